The first-order valence-corrected chi connectivity index (χ1v) is 5.24. The summed E-state index contributed by atoms with van der Waals surface area (Å²) in [6.07, 6.45) is 2.54. The standard InChI is InChI=1S/C13H18O2/c1-4-7-12-8-6-9-13(10-12)15-11(3)14-5-2/h4,6,8-11H,1,5,7H2,2-3H3. The molecule has 15 heavy (non-hydrogen) atoms. The Kier molecular flexibility index (Phi) is 4.91. The number of benzene rings is 1. The van der Waals surface area contributed by atoms with Crippen molar-refractivity contribution in [2.24, 2.45) is 0 Å². The molecule has 0 aliphatic heterocycles. The molecule has 1 aromatic carbocycles. The summed E-state index contributed by atoms with van der Waals surface area (Å²) in [5.74, 6) is 0.843. The fourth-order valence-electron chi connectivity index (χ4n) is 1.37. The Morgan fingerprint density at radius 2 is 2.27 bits per heavy atom. The second kappa shape index (κ2) is 6.25. The zero-order valence-corrected chi connectivity index (χ0v) is 9.40. The molecule has 2 heteroatoms. The van der Waals surface area contributed by atoms with E-state index in [2.05, 4.69) is 12.6 Å². The molecule has 0 heterocycles. The Morgan fingerprint density at radius 3 is 2.93 bits per heavy atom. The highest BCUT2D eigenvalue weighted by molar-refractivity contribution is 5.29. The van der Waals surface area contributed by atoms with E-state index in [-0.39, 0.29) is 6.29 Å². The first-order valence-electron chi connectivity index (χ1n) is 5.24. The lowest BCUT2D eigenvalue weighted by molar-refractivity contribution is -0.0613. The molecule has 1 atom stereocenters. The van der Waals surface area contributed by atoms with Gasteiger partial charge in [-0.25, -0.2) is 0 Å². The highest BCUT2D eigenvalue weighted by Crippen LogP contribution is 2.15. The van der Waals surface area contributed by atoms with Gasteiger partial charge in [0.1, 0.15) is 5.75 Å². The van der Waals surface area contributed by atoms with E-state index in [0.717, 1.165) is 12.2 Å². The number of hydrogen-bond donors (Lipinski definition) is 0. The molecule has 0 saturated heterocycles. The van der Waals surface area contributed by atoms with Crippen molar-refractivity contribution < 1.29 is 9.47 Å². The van der Waals surface area contributed by atoms with Crippen molar-refractivity contribution in [1.82, 2.24) is 0 Å². The van der Waals surface area contributed by atoms with Crippen molar-refractivity contribution in [3.63, 3.8) is 0 Å². The molecule has 0 aromatic heterocycles. The van der Waals surface area contributed by atoms with Crippen LogP contribution in [-0.2, 0) is 11.2 Å². The van der Waals surface area contributed by atoms with Crippen LogP contribution in [0.1, 0.15) is 19.4 Å². The van der Waals surface area contributed by atoms with Crippen molar-refractivity contribution in [1.29, 1.82) is 0 Å². The monoisotopic (exact) mass is 206 g/mol. The molecule has 0 N–H and O–H groups in total. The Hall–Kier alpha value is -1.28. The Bertz CT molecular complexity index is 307. The summed E-state index contributed by atoms with van der Waals surface area (Å²) in [6.45, 7) is 8.22. The highest BCUT2D eigenvalue weighted by Gasteiger charge is 2.02. The van der Waals surface area contributed by atoms with Crippen LogP contribution in [0.5, 0.6) is 5.75 Å². The van der Waals surface area contributed by atoms with E-state index in [1.54, 1.807) is 0 Å². The van der Waals surface area contributed by atoms with Crippen molar-refractivity contribution >= 4 is 0 Å². The molecule has 0 aliphatic rings. The zero-order valence-electron chi connectivity index (χ0n) is 9.40. The average molecular weight is 206 g/mol. The molecule has 1 unspecified atom stereocenters. The molecular weight excluding hydrogens is 188 g/mol. The second-order valence-corrected chi connectivity index (χ2v) is 3.28. The van der Waals surface area contributed by atoms with Gasteiger partial charge in [-0.3, -0.25) is 0 Å². The zero-order chi connectivity index (χ0) is 11.1. The lowest BCUT2D eigenvalue weighted by Gasteiger charge is -2.14. The smallest absolute Gasteiger partial charge is 0.196 e. The lowest BCUT2D eigenvalue weighted by atomic mass is 10.1. The predicted molar refractivity (Wildman–Crippen MR) is 62.1 cm³/mol. The van der Waals surface area contributed by atoms with Crippen LogP contribution in [0.2, 0.25) is 0 Å². The summed E-state index contributed by atoms with van der Waals surface area (Å²) in [4.78, 5) is 0. The van der Waals surface area contributed by atoms with Crippen LogP contribution in [0, 0.1) is 0 Å². The highest BCUT2D eigenvalue weighted by atomic mass is 16.7. The lowest BCUT2D eigenvalue weighted by Crippen LogP contribution is -2.15. The van der Waals surface area contributed by atoms with E-state index >= 15 is 0 Å². The topological polar surface area (TPSA) is 18.5 Å². The average Bonchev–Trinajstić information content (AvgIpc) is 2.19. The van der Waals surface area contributed by atoms with E-state index in [1.807, 2.05) is 38.1 Å². The molecule has 0 saturated carbocycles. The summed E-state index contributed by atoms with van der Waals surface area (Å²) in [5, 5.41) is 0. The van der Waals surface area contributed by atoms with Gasteiger partial charge >= 0.3 is 0 Å². The van der Waals surface area contributed by atoms with Gasteiger partial charge in [-0.05, 0) is 38.0 Å². The number of hydrogen-bond acceptors (Lipinski definition) is 2. The molecule has 0 aliphatic carbocycles. The summed E-state index contributed by atoms with van der Waals surface area (Å²) >= 11 is 0. The minimum Gasteiger partial charge on any atom is -0.465 e. The van der Waals surface area contributed by atoms with Crippen LogP contribution in [0.25, 0.3) is 0 Å². The van der Waals surface area contributed by atoms with Gasteiger partial charge in [0.15, 0.2) is 6.29 Å². The molecule has 0 spiro atoms. The largest absolute Gasteiger partial charge is 0.465 e. The Morgan fingerprint density at radius 1 is 1.47 bits per heavy atom. The van der Waals surface area contributed by atoms with Crippen LogP contribution >= 0.6 is 0 Å². The summed E-state index contributed by atoms with van der Waals surface area (Å²) in [5.41, 5.74) is 1.20. The van der Waals surface area contributed by atoms with E-state index in [1.165, 1.54) is 5.56 Å². The molecule has 1 rings (SSSR count). The molecule has 82 valence electrons. The third-order valence-electron chi connectivity index (χ3n) is 1.98. The number of rotatable bonds is 6. The molecular formula is C13H18O2. The maximum Gasteiger partial charge on any atom is 0.196 e. The van der Waals surface area contributed by atoms with E-state index in [4.69, 9.17) is 9.47 Å². The third kappa shape index (κ3) is 4.17. The Labute approximate surface area is 91.5 Å². The molecule has 0 amide bonds. The van der Waals surface area contributed by atoms with Crippen LogP contribution in [0.4, 0.5) is 0 Å². The van der Waals surface area contributed by atoms with Gasteiger partial charge in [-0.15, -0.1) is 6.58 Å². The van der Waals surface area contributed by atoms with E-state index in [9.17, 15) is 0 Å². The van der Waals surface area contributed by atoms with Gasteiger partial charge in [0.2, 0.25) is 0 Å². The summed E-state index contributed by atoms with van der Waals surface area (Å²) < 4.78 is 10.9. The van der Waals surface area contributed by atoms with Crippen LogP contribution < -0.4 is 4.74 Å². The fraction of sp³-hybridized carbons (Fsp3) is 0.385. The van der Waals surface area contributed by atoms with Crippen molar-refractivity contribution in [3.8, 4) is 5.75 Å². The predicted octanol–water partition coefficient (Wildman–Crippen LogP) is 3.18. The van der Waals surface area contributed by atoms with E-state index < -0.39 is 0 Å². The maximum absolute atomic E-state index is 5.59. The maximum atomic E-state index is 5.59. The first-order chi connectivity index (χ1) is 7.26. The normalized spacial score (nSPS) is 12.1. The van der Waals surface area contributed by atoms with Crippen molar-refractivity contribution in [3.05, 3.63) is 42.5 Å². The molecule has 2 nitrogen and oxygen atoms in total. The quantitative estimate of drug-likeness (QED) is 0.525. The van der Waals surface area contributed by atoms with Gasteiger partial charge in [0.05, 0.1) is 0 Å². The van der Waals surface area contributed by atoms with Gasteiger partial charge < -0.3 is 9.47 Å². The second-order valence-electron chi connectivity index (χ2n) is 3.28. The molecule has 0 fully saturated rings. The van der Waals surface area contributed by atoms with Crippen molar-refractivity contribution in [2.75, 3.05) is 6.61 Å². The van der Waals surface area contributed by atoms with Gasteiger partial charge in [0.25, 0.3) is 0 Å². The van der Waals surface area contributed by atoms with Crippen LogP contribution in [0.3, 0.4) is 0 Å². The minimum atomic E-state index is -0.200. The summed E-state index contributed by atoms with van der Waals surface area (Å²) in [6, 6.07) is 7.98. The molecule has 1 aromatic rings. The van der Waals surface area contributed by atoms with Gasteiger partial charge in [-0.2, -0.15) is 0 Å². The molecule has 0 bridgehead atoms. The van der Waals surface area contributed by atoms with Crippen molar-refractivity contribution in [2.45, 2.75) is 26.6 Å². The third-order valence-corrected chi connectivity index (χ3v) is 1.98. The van der Waals surface area contributed by atoms with Crippen LogP contribution in [-0.4, -0.2) is 12.9 Å². The SMILES string of the molecule is C=CCc1cccc(OC(C)OCC)c1. The number of ether oxygens (including phenoxy) is 2. The fourth-order valence-corrected chi connectivity index (χ4v) is 1.37. The number of allylic oxidation sites excluding steroid dienone is 1. The molecule has 0 radical (unpaired) electrons. The Balaban J connectivity index is 2.60. The van der Waals surface area contributed by atoms with Gasteiger partial charge in [-0.1, -0.05) is 18.2 Å². The summed E-state index contributed by atoms with van der Waals surface area (Å²) in [7, 11) is 0. The minimum absolute atomic E-state index is 0.200. The van der Waals surface area contributed by atoms with Gasteiger partial charge in [0, 0.05) is 6.61 Å². The van der Waals surface area contributed by atoms with Crippen LogP contribution in [0.15, 0.2) is 36.9 Å². The first kappa shape index (κ1) is 11.8. The van der Waals surface area contributed by atoms with E-state index in [0.29, 0.717) is 6.61 Å².